The van der Waals surface area contributed by atoms with Crippen LogP contribution in [0.15, 0.2) is 41.2 Å². The predicted octanol–water partition coefficient (Wildman–Crippen LogP) is 2.81. The van der Waals surface area contributed by atoms with E-state index in [-0.39, 0.29) is 5.82 Å². The first-order valence-corrected chi connectivity index (χ1v) is 4.77. The molecule has 2 aromatic rings. The zero-order valence-corrected chi connectivity index (χ0v) is 8.46. The van der Waals surface area contributed by atoms with Crippen LogP contribution in [0.1, 0.15) is 5.56 Å². The number of halogens is 1. The summed E-state index contributed by atoms with van der Waals surface area (Å²) in [5, 5.41) is 3.02. The summed E-state index contributed by atoms with van der Waals surface area (Å²) in [5.41, 5.74) is 2.90. The highest BCUT2D eigenvalue weighted by atomic mass is 19.1. The van der Waals surface area contributed by atoms with E-state index < -0.39 is 0 Å². The second-order valence-corrected chi connectivity index (χ2v) is 3.34. The Morgan fingerprint density at radius 2 is 2.20 bits per heavy atom. The third-order valence-electron chi connectivity index (χ3n) is 2.27. The minimum Gasteiger partial charge on any atom is -0.472 e. The molecule has 78 valence electrons. The fourth-order valence-electron chi connectivity index (χ4n) is 1.60. The molecule has 0 atom stereocenters. The van der Waals surface area contributed by atoms with Gasteiger partial charge in [0.2, 0.25) is 0 Å². The molecule has 0 radical (unpaired) electrons. The summed E-state index contributed by atoms with van der Waals surface area (Å²) in [6, 6.07) is 6.64. The average molecular weight is 205 g/mol. The highest BCUT2D eigenvalue weighted by Gasteiger charge is 2.06. The molecule has 0 aliphatic rings. The summed E-state index contributed by atoms with van der Waals surface area (Å²) in [6.07, 6.45) is 3.27. The van der Waals surface area contributed by atoms with E-state index in [1.165, 1.54) is 6.07 Å². The van der Waals surface area contributed by atoms with Gasteiger partial charge in [0.05, 0.1) is 12.5 Å². The van der Waals surface area contributed by atoms with Crippen molar-refractivity contribution in [2.45, 2.75) is 6.54 Å². The van der Waals surface area contributed by atoms with E-state index in [0.29, 0.717) is 6.54 Å². The van der Waals surface area contributed by atoms with Crippen molar-refractivity contribution in [3.8, 4) is 11.1 Å². The number of hydrogen-bond donors (Lipinski definition) is 1. The molecule has 1 aromatic heterocycles. The summed E-state index contributed by atoms with van der Waals surface area (Å²) < 4.78 is 18.1. The van der Waals surface area contributed by atoms with Gasteiger partial charge in [-0.1, -0.05) is 6.07 Å². The van der Waals surface area contributed by atoms with E-state index in [1.807, 2.05) is 13.1 Å². The molecule has 0 fully saturated rings. The van der Waals surface area contributed by atoms with Gasteiger partial charge in [-0.05, 0) is 36.4 Å². The third kappa shape index (κ3) is 2.07. The van der Waals surface area contributed by atoms with Crippen LogP contribution in [0.2, 0.25) is 0 Å². The van der Waals surface area contributed by atoms with E-state index in [2.05, 4.69) is 5.32 Å². The van der Waals surface area contributed by atoms with Crippen LogP contribution in [0.25, 0.3) is 11.1 Å². The SMILES string of the molecule is CNCc1cc(F)ccc1-c1ccoc1. The van der Waals surface area contributed by atoms with E-state index in [4.69, 9.17) is 4.42 Å². The monoisotopic (exact) mass is 205 g/mol. The number of rotatable bonds is 3. The lowest BCUT2D eigenvalue weighted by molar-refractivity contribution is 0.568. The van der Waals surface area contributed by atoms with Crippen LogP contribution in [0, 0.1) is 5.82 Å². The van der Waals surface area contributed by atoms with Crippen molar-refractivity contribution >= 4 is 0 Å². The molecule has 2 nitrogen and oxygen atoms in total. The van der Waals surface area contributed by atoms with Gasteiger partial charge in [0, 0.05) is 12.1 Å². The Kier molecular flexibility index (Phi) is 2.83. The van der Waals surface area contributed by atoms with E-state index in [1.54, 1.807) is 24.7 Å². The maximum absolute atomic E-state index is 13.1. The molecule has 15 heavy (non-hydrogen) atoms. The highest BCUT2D eigenvalue weighted by molar-refractivity contribution is 5.66. The molecule has 0 aliphatic heterocycles. The third-order valence-corrected chi connectivity index (χ3v) is 2.27. The van der Waals surface area contributed by atoms with Gasteiger partial charge in [-0.25, -0.2) is 4.39 Å². The molecule has 0 amide bonds. The lowest BCUT2D eigenvalue weighted by Crippen LogP contribution is -2.06. The molecule has 0 saturated heterocycles. The highest BCUT2D eigenvalue weighted by Crippen LogP contribution is 2.24. The summed E-state index contributed by atoms with van der Waals surface area (Å²) >= 11 is 0. The smallest absolute Gasteiger partial charge is 0.123 e. The number of hydrogen-bond acceptors (Lipinski definition) is 2. The first-order chi connectivity index (χ1) is 7.31. The van der Waals surface area contributed by atoms with Gasteiger partial charge in [-0.3, -0.25) is 0 Å². The van der Waals surface area contributed by atoms with Gasteiger partial charge in [-0.15, -0.1) is 0 Å². The van der Waals surface area contributed by atoms with E-state index >= 15 is 0 Å². The molecule has 3 heteroatoms. The first kappa shape index (κ1) is 9.93. The fourth-order valence-corrected chi connectivity index (χ4v) is 1.60. The van der Waals surface area contributed by atoms with Crippen molar-refractivity contribution in [3.05, 3.63) is 48.2 Å². The Labute approximate surface area is 87.7 Å². The van der Waals surface area contributed by atoms with Crippen LogP contribution in [-0.2, 0) is 6.54 Å². The average Bonchev–Trinajstić information content (AvgIpc) is 2.71. The lowest BCUT2D eigenvalue weighted by Gasteiger charge is -2.07. The van der Waals surface area contributed by atoms with E-state index in [0.717, 1.165) is 16.7 Å². The van der Waals surface area contributed by atoms with Crippen LogP contribution < -0.4 is 5.32 Å². The summed E-state index contributed by atoms with van der Waals surface area (Å²) in [4.78, 5) is 0. The summed E-state index contributed by atoms with van der Waals surface area (Å²) in [7, 11) is 1.84. The molecule has 0 spiro atoms. The topological polar surface area (TPSA) is 25.2 Å². The van der Waals surface area contributed by atoms with Gasteiger partial charge in [0.25, 0.3) is 0 Å². The maximum atomic E-state index is 13.1. The van der Waals surface area contributed by atoms with Gasteiger partial charge in [0.15, 0.2) is 0 Å². The normalized spacial score (nSPS) is 10.5. The van der Waals surface area contributed by atoms with Crippen LogP contribution in [0.4, 0.5) is 4.39 Å². The summed E-state index contributed by atoms with van der Waals surface area (Å²) in [6.45, 7) is 0.637. The van der Waals surface area contributed by atoms with Crippen molar-refractivity contribution in [2.75, 3.05) is 7.05 Å². The van der Waals surface area contributed by atoms with Crippen molar-refractivity contribution < 1.29 is 8.81 Å². The van der Waals surface area contributed by atoms with Gasteiger partial charge < -0.3 is 9.73 Å². The number of nitrogens with one attached hydrogen (secondary N) is 1. The first-order valence-electron chi connectivity index (χ1n) is 4.77. The second kappa shape index (κ2) is 4.28. The maximum Gasteiger partial charge on any atom is 0.123 e. The molecule has 1 heterocycles. The second-order valence-electron chi connectivity index (χ2n) is 3.34. The molecule has 1 N–H and O–H groups in total. The lowest BCUT2D eigenvalue weighted by atomic mass is 10.0. The Balaban J connectivity index is 2.46. The van der Waals surface area contributed by atoms with Crippen molar-refractivity contribution in [3.63, 3.8) is 0 Å². The Morgan fingerprint density at radius 1 is 1.33 bits per heavy atom. The Morgan fingerprint density at radius 3 is 2.87 bits per heavy atom. The minimum atomic E-state index is -0.215. The standard InChI is InChI=1S/C12H12FNO/c1-14-7-10-6-11(13)2-3-12(10)9-4-5-15-8-9/h2-6,8,14H,7H2,1H3. The fraction of sp³-hybridized carbons (Fsp3) is 0.167. The zero-order valence-electron chi connectivity index (χ0n) is 8.46. The van der Waals surface area contributed by atoms with Gasteiger partial charge >= 0.3 is 0 Å². The Hall–Kier alpha value is -1.61. The molecular weight excluding hydrogens is 193 g/mol. The molecule has 0 unspecified atom stereocenters. The zero-order chi connectivity index (χ0) is 10.7. The van der Waals surface area contributed by atoms with Crippen molar-refractivity contribution in [1.29, 1.82) is 0 Å². The molecule has 0 bridgehead atoms. The van der Waals surface area contributed by atoms with Gasteiger partial charge in [0.1, 0.15) is 5.82 Å². The van der Waals surface area contributed by atoms with Crippen molar-refractivity contribution in [1.82, 2.24) is 5.32 Å². The quantitative estimate of drug-likeness (QED) is 0.833. The summed E-state index contributed by atoms with van der Waals surface area (Å²) in [5.74, 6) is -0.215. The van der Waals surface area contributed by atoms with Crippen LogP contribution in [-0.4, -0.2) is 7.05 Å². The molecular formula is C12H12FNO. The predicted molar refractivity (Wildman–Crippen MR) is 56.9 cm³/mol. The van der Waals surface area contributed by atoms with Crippen LogP contribution >= 0.6 is 0 Å². The van der Waals surface area contributed by atoms with Gasteiger partial charge in [-0.2, -0.15) is 0 Å². The van der Waals surface area contributed by atoms with E-state index in [9.17, 15) is 4.39 Å². The Bertz CT molecular complexity index is 437. The largest absolute Gasteiger partial charge is 0.472 e. The molecule has 0 saturated carbocycles. The minimum absolute atomic E-state index is 0.215. The molecule has 2 rings (SSSR count). The van der Waals surface area contributed by atoms with Crippen LogP contribution in [0.3, 0.4) is 0 Å². The van der Waals surface area contributed by atoms with Crippen LogP contribution in [0.5, 0.6) is 0 Å². The number of furan rings is 1. The number of benzene rings is 1. The molecule has 1 aromatic carbocycles. The van der Waals surface area contributed by atoms with Crippen molar-refractivity contribution in [2.24, 2.45) is 0 Å². The molecule has 0 aliphatic carbocycles.